The number of methoxy groups -OCH3 is 1. The maximum absolute atomic E-state index is 13.7. The predicted octanol–water partition coefficient (Wildman–Crippen LogP) is 6.04. The van der Waals surface area contributed by atoms with Gasteiger partial charge in [0, 0.05) is 31.6 Å². The van der Waals surface area contributed by atoms with Gasteiger partial charge in [0.2, 0.25) is 11.8 Å². The van der Waals surface area contributed by atoms with Gasteiger partial charge in [0.1, 0.15) is 0 Å². The van der Waals surface area contributed by atoms with E-state index >= 15 is 0 Å². The molecule has 2 aliphatic heterocycles. The Morgan fingerprint density at radius 2 is 1.69 bits per heavy atom. The van der Waals surface area contributed by atoms with E-state index in [-0.39, 0.29) is 47.6 Å². The molecule has 1 fully saturated rings. The zero-order valence-electron chi connectivity index (χ0n) is 27.9. The molecule has 1 aromatic carbocycles. The number of hydrogen-bond donors (Lipinski definition) is 1. The average Bonchev–Trinajstić information content (AvgIpc) is 3.10. The van der Waals surface area contributed by atoms with Crippen molar-refractivity contribution in [3.8, 4) is 11.6 Å². The maximum Gasteiger partial charge on any atom is 0.416 e. The van der Waals surface area contributed by atoms with Crippen molar-refractivity contribution in [3.05, 3.63) is 64.6 Å². The van der Waals surface area contributed by atoms with Crippen molar-refractivity contribution >= 4 is 23.6 Å². The molecule has 1 N–H and O–H groups in total. The van der Waals surface area contributed by atoms with E-state index in [0.29, 0.717) is 62.7 Å². The Bertz CT molecular complexity index is 1690. The van der Waals surface area contributed by atoms with E-state index < -0.39 is 54.5 Å². The van der Waals surface area contributed by atoms with Crippen molar-refractivity contribution in [3.63, 3.8) is 0 Å². The number of aromatic nitrogens is 3. The van der Waals surface area contributed by atoms with Crippen LogP contribution in [0.3, 0.4) is 0 Å². The van der Waals surface area contributed by atoms with Gasteiger partial charge in [-0.3, -0.25) is 9.69 Å². The van der Waals surface area contributed by atoms with E-state index in [0.717, 1.165) is 0 Å². The molecule has 12 nitrogen and oxygen atoms in total. The number of fused-ring (bicyclic) bond motifs is 1. The van der Waals surface area contributed by atoms with Crippen LogP contribution in [-0.2, 0) is 33.0 Å². The monoisotopic (exact) mass is 726 g/mol. The molecule has 2 atom stereocenters. The zero-order valence-corrected chi connectivity index (χ0v) is 27.9. The molecule has 18 heteroatoms. The molecule has 0 saturated carbocycles. The minimum absolute atomic E-state index is 0.0421. The number of alkyl halides is 6. The largest absolute Gasteiger partial charge is 0.481 e. The number of nitrogens with one attached hydrogen (secondary N) is 1. The summed E-state index contributed by atoms with van der Waals surface area (Å²) in [5.74, 6) is -0.322. The molecule has 0 aliphatic carbocycles. The summed E-state index contributed by atoms with van der Waals surface area (Å²) in [6.45, 7) is 4.55. The normalized spacial score (nSPS) is 17.8. The Labute approximate surface area is 289 Å². The highest BCUT2D eigenvalue weighted by Crippen LogP contribution is 2.41. The van der Waals surface area contributed by atoms with E-state index in [2.05, 4.69) is 20.3 Å². The summed E-state index contributed by atoms with van der Waals surface area (Å²) < 4.78 is 104. The molecule has 2 amide bonds. The summed E-state index contributed by atoms with van der Waals surface area (Å²) in [7, 11) is 1.42. The van der Waals surface area contributed by atoms with Crippen LogP contribution in [0.5, 0.6) is 11.6 Å². The number of anilines is 2. The van der Waals surface area contributed by atoms with Gasteiger partial charge >= 0.3 is 18.4 Å². The van der Waals surface area contributed by atoms with Crippen LogP contribution < -0.4 is 19.7 Å². The van der Waals surface area contributed by atoms with Gasteiger partial charge in [0.15, 0.2) is 12.4 Å². The highest BCUT2D eigenvalue weighted by Gasteiger charge is 2.39. The molecule has 2 aromatic heterocycles. The lowest BCUT2D eigenvalue weighted by Crippen LogP contribution is -2.46. The quantitative estimate of drug-likeness (QED) is 0.247. The Balaban J connectivity index is 1.52. The number of morpholine rings is 1. The molecule has 276 valence electrons. The minimum atomic E-state index is -5.06. The molecule has 0 bridgehead atoms. The summed E-state index contributed by atoms with van der Waals surface area (Å²) in [6.07, 6.45) is -9.21. The van der Waals surface area contributed by atoms with Gasteiger partial charge in [-0.25, -0.2) is 19.7 Å². The number of halogens is 6. The molecule has 0 unspecified atom stereocenters. The van der Waals surface area contributed by atoms with Crippen molar-refractivity contribution in [2.45, 2.75) is 57.5 Å². The van der Waals surface area contributed by atoms with Crippen LogP contribution in [0, 0.1) is 0 Å². The van der Waals surface area contributed by atoms with Crippen molar-refractivity contribution in [1.82, 2.24) is 19.9 Å². The van der Waals surface area contributed by atoms with E-state index in [9.17, 15) is 35.9 Å². The molecule has 5 rings (SSSR count). The van der Waals surface area contributed by atoms with Crippen molar-refractivity contribution in [2.24, 2.45) is 0 Å². The number of ether oxygens (including phenoxy) is 4. The number of rotatable bonds is 10. The number of pyridine rings is 1. The highest BCUT2D eigenvalue weighted by atomic mass is 19.4. The fourth-order valence-corrected chi connectivity index (χ4v) is 5.86. The number of carbonyl (C=O) groups excluding carboxylic acids is 2. The smallest absolute Gasteiger partial charge is 0.416 e. The zero-order chi connectivity index (χ0) is 36.9. The number of nitrogens with zero attached hydrogens (tertiary/aromatic N) is 5. The topological polar surface area (TPSA) is 128 Å². The van der Waals surface area contributed by atoms with Gasteiger partial charge in [-0.2, -0.15) is 26.3 Å². The molecular weight excluding hydrogens is 690 g/mol. The number of carbonyl (C=O) groups is 2. The molecule has 51 heavy (non-hydrogen) atoms. The summed E-state index contributed by atoms with van der Waals surface area (Å²) in [6, 6.07) is 3.52. The second kappa shape index (κ2) is 15.6. The lowest BCUT2D eigenvalue weighted by atomic mass is 9.93. The van der Waals surface area contributed by atoms with Crippen LogP contribution in [0.4, 0.5) is 42.8 Å². The summed E-state index contributed by atoms with van der Waals surface area (Å²) in [5, 5.41) is 3.16. The Kier molecular flexibility index (Phi) is 11.4. The molecule has 2 aliphatic rings. The first kappa shape index (κ1) is 37.4. The van der Waals surface area contributed by atoms with Crippen LogP contribution >= 0.6 is 0 Å². The molecule has 0 radical (unpaired) electrons. The van der Waals surface area contributed by atoms with Crippen molar-refractivity contribution in [2.75, 3.05) is 56.8 Å². The Morgan fingerprint density at radius 1 is 1.00 bits per heavy atom. The molecule has 1 saturated heterocycles. The van der Waals surface area contributed by atoms with E-state index in [1.165, 1.54) is 23.1 Å². The predicted molar refractivity (Wildman–Crippen MR) is 170 cm³/mol. The second-order valence-corrected chi connectivity index (χ2v) is 11.7. The first-order valence-corrected chi connectivity index (χ1v) is 16.1. The number of benzene rings is 1. The molecule has 4 heterocycles. The third-order valence-corrected chi connectivity index (χ3v) is 8.35. The standard InChI is InChI=1S/C33H36F6N6O6/c1-4-22-16-24(29-25(6-7-27(43-29)48-3)45(22)31(47)50-5-2)42-30-40-17-26(51-18-28(46)44-8-10-49-11-9-44)23(41-30)14-19-12-20(32(34,35)36)15-21(13-19)33(37,38)39/h6-7,12-13,15,17,22,24H,4-5,8-11,14,16,18H2,1-3H3,(H,40,41,42)/t22-,24+/m1/s1. The van der Waals surface area contributed by atoms with Crippen LogP contribution in [0.25, 0.3) is 0 Å². The van der Waals surface area contributed by atoms with E-state index in [4.69, 9.17) is 18.9 Å². The van der Waals surface area contributed by atoms with Gasteiger partial charge in [-0.15, -0.1) is 0 Å². The maximum atomic E-state index is 13.7. The molecule has 3 aromatic rings. The fourth-order valence-electron chi connectivity index (χ4n) is 5.86. The lowest BCUT2D eigenvalue weighted by molar-refractivity contribution is -0.143. The fraction of sp³-hybridized carbons (Fsp3) is 0.485. The summed E-state index contributed by atoms with van der Waals surface area (Å²) in [5.41, 5.74) is -2.57. The third kappa shape index (κ3) is 8.90. The van der Waals surface area contributed by atoms with Crippen LogP contribution in [-0.4, -0.2) is 84.5 Å². The lowest BCUT2D eigenvalue weighted by Gasteiger charge is -2.39. The van der Waals surface area contributed by atoms with Gasteiger partial charge < -0.3 is 29.2 Å². The van der Waals surface area contributed by atoms with Crippen LogP contribution in [0.2, 0.25) is 0 Å². The SMILES string of the molecule is CCOC(=O)N1c2ccc(OC)nc2[C@@H](Nc2ncc(OCC(=O)N3CCOCC3)c(Cc3cc(C(F)(F)F)cc(C(F)(F)F)c3)n2)C[C@H]1CC. The highest BCUT2D eigenvalue weighted by molar-refractivity contribution is 5.90. The molecule has 0 spiro atoms. The van der Waals surface area contributed by atoms with E-state index in [1.54, 1.807) is 19.1 Å². The summed E-state index contributed by atoms with van der Waals surface area (Å²) >= 11 is 0. The van der Waals surface area contributed by atoms with Gasteiger partial charge in [-0.05, 0) is 49.6 Å². The van der Waals surface area contributed by atoms with Crippen LogP contribution in [0.15, 0.2) is 36.5 Å². The van der Waals surface area contributed by atoms with Crippen molar-refractivity contribution in [1.29, 1.82) is 0 Å². The van der Waals surface area contributed by atoms with Gasteiger partial charge in [0.05, 0.1) is 67.4 Å². The minimum Gasteiger partial charge on any atom is -0.481 e. The number of amides is 2. The Hall–Kier alpha value is -4.87. The van der Waals surface area contributed by atoms with Crippen LogP contribution in [0.1, 0.15) is 60.8 Å². The average molecular weight is 727 g/mol. The second-order valence-electron chi connectivity index (χ2n) is 11.7. The summed E-state index contributed by atoms with van der Waals surface area (Å²) in [4.78, 5) is 42.2. The van der Waals surface area contributed by atoms with Gasteiger partial charge in [0.25, 0.3) is 5.91 Å². The van der Waals surface area contributed by atoms with Gasteiger partial charge in [-0.1, -0.05) is 6.92 Å². The third-order valence-electron chi connectivity index (χ3n) is 8.35. The van der Waals surface area contributed by atoms with Crippen molar-refractivity contribution < 1.29 is 54.9 Å². The Morgan fingerprint density at radius 3 is 2.29 bits per heavy atom. The van der Waals surface area contributed by atoms with E-state index in [1.807, 2.05) is 6.92 Å². The first-order chi connectivity index (χ1) is 24.2. The molecular formula is C33H36F6N6O6. The first-order valence-electron chi connectivity index (χ1n) is 16.1. The number of hydrogen-bond acceptors (Lipinski definition) is 10.